The molecule has 1 atom stereocenters. The summed E-state index contributed by atoms with van der Waals surface area (Å²) in [5.41, 5.74) is 1.20. The van der Waals surface area contributed by atoms with Crippen molar-refractivity contribution in [3.05, 3.63) is 41.7 Å². The molecule has 0 N–H and O–H groups in total. The third kappa shape index (κ3) is 4.75. The number of aromatic nitrogens is 2. The van der Waals surface area contributed by atoms with Crippen LogP contribution < -0.4 is 4.90 Å². The Kier molecular flexibility index (Phi) is 6.08. The summed E-state index contributed by atoms with van der Waals surface area (Å²) in [6, 6.07) is 10.2. The number of hydrogen-bond acceptors (Lipinski definition) is 6. The summed E-state index contributed by atoms with van der Waals surface area (Å²) in [5, 5.41) is 0.912. The van der Waals surface area contributed by atoms with Gasteiger partial charge in [-0.15, -0.1) is 0 Å². The number of hydrogen-bond donors (Lipinski definition) is 0. The summed E-state index contributed by atoms with van der Waals surface area (Å²) in [6.45, 7) is 5.75. The molecular weight excluding hydrogens is 386 g/mol. The van der Waals surface area contributed by atoms with E-state index >= 15 is 0 Å². The van der Waals surface area contributed by atoms with Gasteiger partial charge in [-0.3, -0.25) is 9.59 Å². The molecule has 1 aromatic carbocycles. The third-order valence-electron chi connectivity index (χ3n) is 5.74. The summed E-state index contributed by atoms with van der Waals surface area (Å²) in [5.74, 6) is 1.13. The van der Waals surface area contributed by atoms with E-state index in [4.69, 9.17) is 4.98 Å². The number of carbonyl (C=O) groups is 2. The van der Waals surface area contributed by atoms with Gasteiger partial charge in [-0.1, -0.05) is 30.3 Å². The van der Waals surface area contributed by atoms with E-state index in [0.29, 0.717) is 32.7 Å². The van der Waals surface area contributed by atoms with Gasteiger partial charge in [0.25, 0.3) is 0 Å². The fraction of sp³-hybridized carbons (Fsp3) is 0.524. The smallest absolute Gasteiger partial charge is 0.227 e. The number of benzene rings is 1. The van der Waals surface area contributed by atoms with Crippen LogP contribution in [0.3, 0.4) is 0 Å². The van der Waals surface area contributed by atoms with E-state index in [9.17, 15) is 9.59 Å². The maximum Gasteiger partial charge on any atom is 0.227 e. The van der Waals surface area contributed by atoms with E-state index in [1.807, 2.05) is 28.0 Å². The molecule has 3 heterocycles. The second kappa shape index (κ2) is 8.90. The molecular formula is C21H27N5O2S. The lowest BCUT2D eigenvalue weighted by atomic mass is 9.96. The van der Waals surface area contributed by atoms with Gasteiger partial charge in [-0.25, -0.2) is 4.98 Å². The Labute approximate surface area is 175 Å². The highest BCUT2D eigenvalue weighted by Gasteiger charge is 2.32. The lowest BCUT2D eigenvalue weighted by Crippen LogP contribution is -2.53. The monoisotopic (exact) mass is 413 g/mol. The second-order valence-electron chi connectivity index (χ2n) is 7.77. The summed E-state index contributed by atoms with van der Waals surface area (Å²) < 4.78 is 4.53. The molecule has 4 rings (SSSR count). The lowest BCUT2D eigenvalue weighted by molar-refractivity contribution is -0.141. The lowest BCUT2D eigenvalue weighted by Gasteiger charge is -2.38. The molecule has 0 aliphatic carbocycles. The number of nitrogens with zero attached hydrogens (tertiary/aromatic N) is 5. The van der Waals surface area contributed by atoms with Crippen LogP contribution in [0.1, 0.15) is 31.2 Å². The first kappa shape index (κ1) is 19.8. The zero-order chi connectivity index (χ0) is 20.2. The van der Waals surface area contributed by atoms with Crippen molar-refractivity contribution in [2.45, 2.75) is 26.2 Å². The topological polar surface area (TPSA) is 69.6 Å². The largest absolute Gasteiger partial charge is 0.346 e. The van der Waals surface area contributed by atoms with Crippen molar-refractivity contribution in [2.75, 3.05) is 44.2 Å². The molecule has 0 radical (unpaired) electrons. The first-order valence-electron chi connectivity index (χ1n) is 10.3. The number of amides is 2. The van der Waals surface area contributed by atoms with Crippen molar-refractivity contribution in [3.63, 3.8) is 0 Å². The number of carbonyl (C=O) groups excluding carboxylic acids is 2. The molecule has 2 fully saturated rings. The maximum atomic E-state index is 13.0. The van der Waals surface area contributed by atoms with Crippen molar-refractivity contribution in [1.29, 1.82) is 0 Å². The predicted octanol–water partition coefficient (Wildman–Crippen LogP) is 2.04. The van der Waals surface area contributed by atoms with Gasteiger partial charge < -0.3 is 14.7 Å². The minimum absolute atomic E-state index is 0.00546. The van der Waals surface area contributed by atoms with E-state index in [2.05, 4.69) is 21.4 Å². The minimum Gasteiger partial charge on any atom is -0.346 e. The summed E-state index contributed by atoms with van der Waals surface area (Å²) in [4.78, 5) is 35.2. The van der Waals surface area contributed by atoms with Crippen LogP contribution in [-0.4, -0.2) is 70.2 Å². The molecule has 0 bridgehead atoms. The first-order valence-corrected chi connectivity index (χ1v) is 11.0. The average molecular weight is 414 g/mol. The molecule has 0 spiro atoms. The molecule has 2 aliphatic rings. The molecule has 1 aromatic heterocycles. The quantitative estimate of drug-likeness (QED) is 0.767. The number of piperidine rings is 1. The fourth-order valence-electron chi connectivity index (χ4n) is 4.08. The van der Waals surface area contributed by atoms with Crippen LogP contribution in [0.15, 0.2) is 30.3 Å². The van der Waals surface area contributed by atoms with Gasteiger partial charge in [0.15, 0.2) is 0 Å². The van der Waals surface area contributed by atoms with Crippen LogP contribution in [0, 0.1) is 5.92 Å². The number of rotatable bonds is 4. The summed E-state index contributed by atoms with van der Waals surface area (Å²) in [7, 11) is 0. The van der Waals surface area contributed by atoms with E-state index < -0.39 is 0 Å². The Bertz CT molecular complexity index is 848. The van der Waals surface area contributed by atoms with Crippen molar-refractivity contribution in [1.82, 2.24) is 19.2 Å². The Hall–Kier alpha value is -2.48. The van der Waals surface area contributed by atoms with Gasteiger partial charge >= 0.3 is 0 Å². The summed E-state index contributed by atoms with van der Waals surface area (Å²) in [6.07, 6.45) is 2.63. The zero-order valence-corrected chi connectivity index (χ0v) is 17.6. The highest BCUT2D eigenvalue weighted by molar-refractivity contribution is 7.09. The average Bonchev–Trinajstić information content (AvgIpc) is 3.22. The maximum absolute atomic E-state index is 13.0. The van der Waals surface area contributed by atoms with Crippen LogP contribution in [-0.2, 0) is 16.0 Å². The number of piperazine rings is 1. The normalized spacial score (nSPS) is 20.0. The van der Waals surface area contributed by atoms with Crippen LogP contribution in [0.25, 0.3) is 0 Å². The van der Waals surface area contributed by atoms with E-state index in [0.717, 1.165) is 36.8 Å². The molecule has 154 valence electrons. The Morgan fingerprint density at radius 1 is 1.07 bits per heavy atom. The molecule has 0 saturated carbocycles. The van der Waals surface area contributed by atoms with Gasteiger partial charge in [0, 0.05) is 64.1 Å². The van der Waals surface area contributed by atoms with Crippen molar-refractivity contribution < 1.29 is 9.59 Å². The molecule has 8 heteroatoms. The van der Waals surface area contributed by atoms with Gasteiger partial charge in [0.05, 0.1) is 5.92 Å². The molecule has 29 heavy (non-hydrogen) atoms. The molecule has 7 nitrogen and oxygen atoms in total. The molecule has 2 aliphatic heterocycles. The van der Waals surface area contributed by atoms with Crippen LogP contribution in [0.4, 0.5) is 5.13 Å². The van der Waals surface area contributed by atoms with Crippen molar-refractivity contribution >= 4 is 28.5 Å². The molecule has 2 aromatic rings. The zero-order valence-electron chi connectivity index (χ0n) is 16.8. The Balaban J connectivity index is 1.35. The molecule has 1 unspecified atom stereocenters. The van der Waals surface area contributed by atoms with E-state index in [1.165, 1.54) is 17.1 Å². The van der Waals surface area contributed by atoms with Gasteiger partial charge in [-0.2, -0.15) is 4.37 Å². The van der Waals surface area contributed by atoms with Crippen LogP contribution in [0.5, 0.6) is 0 Å². The van der Waals surface area contributed by atoms with Crippen molar-refractivity contribution in [3.8, 4) is 0 Å². The van der Waals surface area contributed by atoms with Gasteiger partial charge in [-0.05, 0) is 18.4 Å². The number of anilines is 1. The van der Waals surface area contributed by atoms with Crippen LogP contribution >= 0.6 is 11.5 Å². The van der Waals surface area contributed by atoms with Crippen molar-refractivity contribution in [2.24, 2.45) is 5.92 Å². The van der Waals surface area contributed by atoms with Crippen LogP contribution in [0.2, 0.25) is 0 Å². The summed E-state index contributed by atoms with van der Waals surface area (Å²) >= 11 is 1.42. The molecule has 2 amide bonds. The second-order valence-corrected chi connectivity index (χ2v) is 8.50. The highest BCUT2D eigenvalue weighted by Crippen LogP contribution is 2.26. The molecule has 2 saturated heterocycles. The van der Waals surface area contributed by atoms with Gasteiger partial charge in [0.1, 0.15) is 5.82 Å². The van der Waals surface area contributed by atoms with E-state index in [-0.39, 0.29) is 17.7 Å². The fourth-order valence-corrected chi connectivity index (χ4v) is 4.80. The first-order chi connectivity index (χ1) is 14.1. The predicted molar refractivity (Wildman–Crippen MR) is 113 cm³/mol. The minimum atomic E-state index is -0.00546. The third-order valence-corrected chi connectivity index (χ3v) is 6.56. The van der Waals surface area contributed by atoms with E-state index in [1.54, 1.807) is 6.92 Å². The highest BCUT2D eigenvalue weighted by atomic mass is 32.1. The standard InChI is InChI=1S/C21H27N5O2S/c1-16(27)24-10-12-25(13-11-24)20(28)18-8-5-9-26(15-18)21-22-19(23-29-21)14-17-6-3-2-4-7-17/h2-4,6-7,18H,5,8-15H2,1H3. The Morgan fingerprint density at radius 3 is 2.52 bits per heavy atom. The SMILES string of the molecule is CC(=O)N1CCN(C(=O)C2CCCN(c3nc(Cc4ccccc4)ns3)C2)CC1. The van der Waals surface area contributed by atoms with Gasteiger partial charge in [0.2, 0.25) is 16.9 Å². The Morgan fingerprint density at radius 2 is 1.79 bits per heavy atom.